The lowest BCUT2D eigenvalue weighted by molar-refractivity contribution is -0.0373. The van der Waals surface area contributed by atoms with Gasteiger partial charge >= 0.3 is 0 Å². The Hall–Kier alpha value is -1.24. The maximum atomic E-state index is 5.70. The normalized spacial score (nSPS) is 25.6. The lowest BCUT2D eigenvalue weighted by Crippen LogP contribution is -2.51. The highest BCUT2D eigenvalue weighted by Crippen LogP contribution is 2.40. The van der Waals surface area contributed by atoms with Gasteiger partial charge in [0.1, 0.15) is 17.0 Å². The van der Waals surface area contributed by atoms with Gasteiger partial charge in [0, 0.05) is 37.1 Å². The predicted molar refractivity (Wildman–Crippen MR) is 102 cm³/mol. The minimum Gasteiger partial charge on any atom is -0.376 e. The molecule has 0 radical (unpaired) electrons. The first-order valence-electron chi connectivity index (χ1n) is 9.65. The Morgan fingerprint density at radius 2 is 2.04 bits per heavy atom. The molecule has 2 aliphatic heterocycles. The van der Waals surface area contributed by atoms with Crippen LogP contribution >= 0.6 is 11.3 Å². The molecule has 0 bridgehead atoms. The summed E-state index contributed by atoms with van der Waals surface area (Å²) in [5.41, 5.74) is 1.54. The summed E-state index contributed by atoms with van der Waals surface area (Å²) in [6.07, 6.45) is 8.32. The molecule has 25 heavy (non-hydrogen) atoms. The van der Waals surface area contributed by atoms with Gasteiger partial charge in [-0.05, 0) is 44.6 Å². The second kappa shape index (κ2) is 6.49. The summed E-state index contributed by atoms with van der Waals surface area (Å²) in [7, 11) is 0. The van der Waals surface area contributed by atoms with Gasteiger partial charge in [0.2, 0.25) is 0 Å². The molecule has 0 N–H and O–H groups in total. The lowest BCUT2D eigenvalue weighted by atomic mass is 10.0. The van der Waals surface area contributed by atoms with Crippen molar-refractivity contribution in [3.05, 3.63) is 16.8 Å². The van der Waals surface area contributed by atoms with Gasteiger partial charge in [0.05, 0.1) is 18.1 Å². The number of morpholine rings is 1. The van der Waals surface area contributed by atoms with Crippen LogP contribution < -0.4 is 4.90 Å². The number of piperidine rings is 1. The SMILES string of the molecule is CC1CN(C2CCN(c3ncnc4sc5c(c34)CCC5)CC2)CCO1. The molecule has 5 rings (SSSR count). The smallest absolute Gasteiger partial charge is 0.141 e. The Labute approximate surface area is 153 Å². The van der Waals surface area contributed by atoms with Crippen molar-refractivity contribution < 1.29 is 4.74 Å². The van der Waals surface area contributed by atoms with E-state index in [4.69, 9.17) is 9.72 Å². The van der Waals surface area contributed by atoms with Gasteiger partial charge in [-0.2, -0.15) is 0 Å². The van der Waals surface area contributed by atoms with Crippen LogP contribution in [0.2, 0.25) is 0 Å². The van der Waals surface area contributed by atoms with E-state index in [1.807, 2.05) is 11.3 Å². The van der Waals surface area contributed by atoms with Crippen molar-refractivity contribution in [1.82, 2.24) is 14.9 Å². The molecule has 4 heterocycles. The molecular formula is C19H26N4OS. The van der Waals surface area contributed by atoms with Crippen molar-refractivity contribution in [3.63, 3.8) is 0 Å². The molecule has 0 amide bonds. The molecule has 1 aliphatic carbocycles. The molecule has 134 valence electrons. The highest BCUT2D eigenvalue weighted by atomic mass is 32.1. The van der Waals surface area contributed by atoms with E-state index < -0.39 is 0 Å². The summed E-state index contributed by atoms with van der Waals surface area (Å²) >= 11 is 1.89. The number of aromatic nitrogens is 2. The molecule has 0 saturated carbocycles. The number of ether oxygens (including phenoxy) is 1. The number of fused-ring (bicyclic) bond motifs is 3. The van der Waals surface area contributed by atoms with E-state index in [9.17, 15) is 0 Å². The highest BCUT2D eigenvalue weighted by Gasteiger charge is 2.30. The van der Waals surface area contributed by atoms with Gasteiger partial charge in [-0.25, -0.2) is 9.97 Å². The fourth-order valence-electron chi connectivity index (χ4n) is 4.77. The van der Waals surface area contributed by atoms with Crippen LogP contribution in [0, 0.1) is 0 Å². The lowest BCUT2D eigenvalue weighted by Gasteiger charge is -2.42. The van der Waals surface area contributed by atoms with E-state index in [0.29, 0.717) is 12.1 Å². The van der Waals surface area contributed by atoms with Crippen LogP contribution in [-0.2, 0) is 17.6 Å². The second-order valence-electron chi connectivity index (χ2n) is 7.63. The maximum absolute atomic E-state index is 5.70. The zero-order chi connectivity index (χ0) is 16.8. The number of aryl methyl sites for hydroxylation is 2. The third-order valence-corrected chi connectivity index (χ3v) is 7.23. The minimum atomic E-state index is 0.377. The van der Waals surface area contributed by atoms with E-state index in [2.05, 4.69) is 21.7 Å². The molecule has 1 atom stereocenters. The fraction of sp³-hybridized carbons (Fsp3) is 0.684. The van der Waals surface area contributed by atoms with Gasteiger partial charge < -0.3 is 9.64 Å². The largest absolute Gasteiger partial charge is 0.376 e. The topological polar surface area (TPSA) is 41.5 Å². The average Bonchev–Trinajstić information content (AvgIpc) is 3.22. The van der Waals surface area contributed by atoms with Gasteiger partial charge in [-0.15, -0.1) is 11.3 Å². The zero-order valence-electron chi connectivity index (χ0n) is 14.9. The van der Waals surface area contributed by atoms with E-state index in [1.165, 1.54) is 48.1 Å². The highest BCUT2D eigenvalue weighted by molar-refractivity contribution is 7.19. The number of nitrogens with zero attached hydrogens (tertiary/aromatic N) is 4. The van der Waals surface area contributed by atoms with Crippen LogP contribution in [0.25, 0.3) is 10.2 Å². The van der Waals surface area contributed by atoms with Gasteiger partial charge in [-0.1, -0.05) is 0 Å². The van der Waals surface area contributed by atoms with Crippen LogP contribution in [0.4, 0.5) is 5.82 Å². The van der Waals surface area contributed by atoms with Crippen LogP contribution in [0.3, 0.4) is 0 Å². The van der Waals surface area contributed by atoms with Crippen molar-refractivity contribution in [3.8, 4) is 0 Å². The molecular weight excluding hydrogens is 332 g/mol. The Balaban J connectivity index is 1.35. The number of hydrogen-bond donors (Lipinski definition) is 0. The Bertz CT molecular complexity index is 768. The third kappa shape index (κ3) is 2.84. The number of thiophene rings is 1. The number of rotatable bonds is 2. The molecule has 0 spiro atoms. The Morgan fingerprint density at radius 1 is 1.16 bits per heavy atom. The van der Waals surface area contributed by atoms with Gasteiger partial charge in [-0.3, -0.25) is 4.90 Å². The summed E-state index contributed by atoms with van der Waals surface area (Å²) < 4.78 is 5.70. The molecule has 2 saturated heterocycles. The molecule has 6 heteroatoms. The first-order chi connectivity index (χ1) is 12.3. The molecule has 5 nitrogen and oxygen atoms in total. The van der Waals surface area contributed by atoms with E-state index in [0.717, 1.165) is 32.8 Å². The van der Waals surface area contributed by atoms with Crippen LogP contribution in [-0.4, -0.2) is 59.8 Å². The van der Waals surface area contributed by atoms with Crippen LogP contribution in [0.1, 0.15) is 36.6 Å². The van der Waals surface area contributed by atoms with Crippen molar-refractivity contribution in [2.75, 3.05) is 37.7 Å². The summed E-state index contributed by atoms with van der Waals surface area (Å²) in [6.45, 7) is 7.45. The molecule has 2 aromatic heterocycles. The van der Waals surface area contributed by atoms with Crippen LogP contribution in [0.15, 0.2) is 6.33 Å². The fourth-order valence-corrected chi connectivity index (χ4v) is 6.00. The molecule has 2 aromatic rings. The standard InChI is InChI=1S/C19H26N4OS/c1-13-11-23(9-10-24-13)14-5-7-22(8-6-14)18-17-15-3-2-4-16(15)25-19(17)21-12-20-18/h12-14H,2-11H2,1H3. The number of anilines is 1. The van der Waals surface area contributed by atoms with Crippen LogP contribution in [0.5, 0.6) is 0 Å². The van der Waals surface area contributed by atoms with Crippen molar-refractivity contribution in [1.29, 1.82) is 0 Å². The van der Waals surface area contributed by atoms with Crippen molar-refractivity contribution in [2.24, 2.45) is 0 Å². The Kier molecular flexibility index (Phi) is 4.14. The summed E-state index contributed by atoms with van der Waals surface area (Å²) in [4.78, 5) is 17.2. The zero-order valence-corrected chi connectivity index (χ0v) is 15.7. The third-order valence-electron chi connectivity index (χ3n) is 6.03. The first kappa shape index (κ1) is 16.0. The second-order valence-corrected chi connectivity index (χ2v) is 8.71. The van der Waals surface area contributed by atoms with E-state index in [-0.39, 0.29) is 0 Å². The van der Waals surface area contributed by atoms with Gasteiger partial charge in [0.25, 0.3) is 0 Å². The molecule has 0 aromatic carbocycles. The maximum Gasteiger partial charge on any atom is 0.141 e. The van der Waals surface area contributed by atoms with E-state index >= 15 is 0 Å². The first-order valence-corrected chi connectivity index (χ1v) is 10.5. The molecule has 2 fully saturated rings. The Morgan fingerprint density at radius 3 is 2.88 bits per heavy atom. The van der Waals surface area contributed by atoms with Gasteiger partial charge in [0.15, 0.2) is 0 Å². The van der Waals surface area contributed by atoms with E-state index in [1.54, 1.807) is 16.8 Å². The summed E-state index contributed by atoms with van der Waals surface area (Å²) in [6, 6.07) is 0.702. The number of hydrogen-bond acceptors (Lipinski definition) is 6. The molecule has 1 unspecified atom stereocenters. The predicted octanol–water partition coefficient (Wildman–Crippen LogP) is 2.87. The van der Waals surface area contributed by atoms with Crippen molar-refractivity contribution >= 4 is 27.4 Å². The van der Waals surface area contributed by atoms with Crippen molar-refractivity contribution in [2.45, 2.75) is 51.2 Å². The quantitative estimate of drug-likeness (QED) is 0.826. The summed E-state index contributed by atoms with van der Waals surface area (Å²) in [5, 5.41) is 1.36. The average molecular weight is 359 g/mol. The minimum absolute atomic E-state index is 0.377. The monoisotopic (exact) mass is 358 g/mol. The summed E-state index contributed by atoms with van der Waals surface area (Å²) in [5.74, 6) is 1.19. The molecule has 3 aliphatic rings.